The normalized spacial score (nSPS) is 10.0. The van der Waals surface area contributed by atoms with Crippen molar-refractivity contribution >= 4 is 33.5 Å². The van der Waals surface area contributed by atoms with Gasteiger partial charge in [-0.3, -0.25) is 4.79 Å². The molecular weight excluding hydrogens is 334 g/mol. The summed E-state index contributed by atoms with van der Waals surface area (Å²) in [5.74, 6) is -0.184. The summed E-state index contributed by atoms with van der Waals surface area (Å²) < 4.78 is 5.94. The molecular formula is C16H14BrNO3. The first kappa shape index (κ1) is 15.3. The molecule has 0 fully saturated rings. The van der Waals surface area contributed by atoms with Gasteiger partial charge in [0.1, 0.15) is 5.75 Å². The number of halogens is 1. The summed E-state index contributed by atoms with van der Waals surface area (Å²) in [4.78, 5) is 23.0. The Morgan fingerprint density at radius 3 is 2.33 bits per heavy atom. The van der Waals surface area contributed by atoms with Crippen LogP contribution >= 0.6 is 15.9 Å². The third kappa shape index (κ3) is 4.16. The average molecular weight is 348 g/mol. The van der Waals surface area contributed by atoms with Crippen molar-refractivity contribution < 1.29 is 14.3 Å². The molecule has 0 spiro atoms. The molecule has 1 amide bonds. The predicted octanol–water partition coefficient (Wildman–Crippen LogP) is 3.94. The van der Waals surface area contributed by atoms with Crippen LogP contribution in [0.1, 0.15) is 22.8 Å². The van der Waals surface area contributed by atoms with Crippen molar-refractivity contribution in [3.8, 4) is 5.75 Å². The van der Waals surface area contributed by atoms with Gasteiger partial charge in [-0.2, -0.15) is 0 Å². The second kappa shape index (κ2) is 6.54. The lowest BCUT2D eigenvalue weighted by atomic mass is 10.1. The highest BCUT2D eigenvalue weighted by Crippen LogP contribution is 2.27. The highest BCUT2D eigenvalue weighted by Gasteiger charge is 2.10. The number of anilines is 1. The second-order valence-corrected chi connectivity index (χ2v) is 5.43. The van der Waals surface area contributed by atoms with E-state index in [0.717, 1.165) is 5.56 Å². The van der Waals surface area contributed by atoms with Crippen molar-refractivity contribution in [2.75, 3.05) is 5.32 Å². The van der Waals surface area contributed by atoms with Crippen LogP contribution in [0.5, 0.6) is 5.75 Å². The quantitative estimate of drug-likeness (QED) is 0.675. The monoisotopic (exact) mass is 347 g/mol. The van der Waals surface area contributed by atoms with E-state index >= 15 is 0 Å². The fraction of sp³-hybridized carbons (Fsp3) is 0.125. The summed E-state index contributed by atoms with van der Waals surface area (Å²) in [5.41, 5.74) is 2.19. The van der Waals surface area contributed by atoms with Crippen LogP contribution in [0.3, 0.4) is 0 Å². The van der Waals surface area contributed by atoms with E-state index in [1.165, 1.54) is 6.92 Å². The SMILES string of the molecule is CC(=O)Nc1ccc(OC(=O)c2ccc(C)cc2)cc1Br. The molecule has 5 heteroatoms. The van der Waals surface area contributed by atoms with Gasteiger partial charge >= 0.3 is 5.97 Å². The minimum atomic E-state index is -0.422. The number of hydrogen-bond acceptors (Lipinski definition) is 3. The molecule has 0 saturated carbocycles. The van der Waals surface area contributed by atoms with Crippen molar-refractivity contribution in [1.29, 1.82) is 0 Å². The first-order chi connectivity index (χ1) is 9.95. The molecule has 0 aliphatic carbocycles. The molecule has 0 atom stereocenters. The van der Waals surface area contributed by atoms with E-state index < -0.39 is 5.97 Å². The van der Waals surface area contributed by atoms with Gasteiger partial charge in [0.05, 0.1) is 11.3 Å². The van der Waals surface area contributed by atoms with Crippen molar-refractivity contribution in [2.45, 2.75) is 13.8 Å². The van der Waals surface area contributed by atoms with Gasteiger partial charge < -0.3 is 10.1 Å². The molecule has 0 unspecified atom stereocenters. The van der Waals surface area contributed by atoms with Gasteiger partial charge in [-0.25, -0.2) is 4.79 Å². The molecule has 21 heavy (non-hydrogen) atoms. The van der Waals surface area contributed by atoms with Crippen LogP contribution in [0.4, 0.5) is 5.69 Å². The van der Waals surface area contributed by atoms with E-state index in [9.17, 15) is 9.59 Å². The number of benzene rings is 2. The number of amides is 1. The van der Waals surface area contributed by atoms with Gasteiger partial charge in [0.15, 0.2) is 0 Å². The lowest BCUT2D eigenvalue weighted by Gasteiger charge is -2.08. The lowest BCUT2D eigenvalue weighted by molar-refractivity contribution is -0.114. The Hall–Kier alpha value is -2.14. The number of rotatable bonds is 3. The molecule has 2 rings (SSSR count). The van der Waals surface area contributed by atoms with Crippen LogP contribution < -0.4 is 10.1 Å². The molecule has 0 bridgehead atoms. The zero-order valence-electron chi connectivity index (χ0n) is 11.6. The van der Waals surface area contributed by atoms with E-state index in [1.807, 2.05) is 19.1 Å². The Morgan fingerprint density at radius 1 is 1.10 bits per heavy atom. The van der Waals surface area contributed by atoms with Crippen molar-refractivity contribution in [2.24, 2.45) is 0 Å². The maximum absolute atomic E-state index is 12.0. The van der Waals surface area contributed by atoms with Crippen molar-refractivity contribution in [1.82, 2.24) is 0 Å². The van der Waals surface area contributed by atoms with Gasteiger partial charge in [-0.05, 0) is 53.2 Å². The third-order valence-corrected chi connectivity index (χ3v) is 3.41. The number of carbonyl (C=O) groups is 2. The summed E-state index contributed by atoms with van der Waals surface area (Å²) in [5, 5.41) is 2.67. The number of ether oxygens (including phenoxy) is 1. The molecule has 0 aliphatic heterocycles. The van der Waals surface area contributed by atoms with Crippen LogP contribution in [0, 0.1) is 6.92 Å². The molecule has 108 valence electrons. The maximum atomic E-state index is 12.0. The Balaban J connectivity index is 2.12. The molecule has 2 aromatic carbocycles. The molecule has 0 aliphatic rings. The van der Waals surface area contributed by atoms with Gasteiger partial charge in [0, 0.05) is 11.4 Å². The van der Waals surface area contributed by atoms with Crippen molar-refractivity contribution in [3.05, 3.63) is 58.1 Å². The van der Waals surface area contributed by atoms with Crippen LogP contribution in [0.25, 0.3) is 0 Å². The first-order valence-electron chi connectivity index (χ1n) is 6.31. The average Bonchev–Trinajstić information content (AvgIpc) is 2.42. The Morgan fingerprint density at radius 2 is 1.76 bits per heavy atom. The lowest BCUT2D eigenvalue weighted by Crippen LogP contribution is -2.09. The van der Waals surface area contributed by atoms with Crippen LogP contribution in [-0.4, -0.2) is 11.9 Å². The molecule has 0 heterocycles. The standard InChI is InChI=1S/C16H14BrNO3/c1-10-3-5-12(6-4-10)16(20)21-13-7-8-15(14(17)9-13)18-11(2)19/h3-9H,1-2H3,(H,18,19). The van der Waals surface area contributed by atoms with Gasteiger partial charge in [-0.15, -0.1) is 0 Å². The van der Waals surface area contributed by atoms with Gasteiger partial charge in [0.25, 0.3) is 0 Å². The zero-order valence-corrected chi connectivity index (χ0v) is 13.2. The summed E-state index contributed by atoms with van der Waals surface area (Å²) in [7, 11) is 0. The Labute approximate surface area is 131 Å². The fourth-order valence-corrected chi connectivity index (χ4v) is 2.16. The predicted molar refractivity (Wildman–Crippen MR) is 84.6 cm³/mol. The third-order valence-electron chi connectivity index (χ3n) is 2.75. The Kier molecular flexibility index (Phi) is 4.75. The van der Waals surface area contributed by atoms with E-state index in [2.05, 4.69) is 21.2 Å². The topological polar surface area (TPSA) is 55.4 Å². The molecule has 2 aromatic rings. The summed E-state index contributed by atoms with van der Waals surface area (Å²) in [6.07, 6.45) is 0. The number of esters is 1. The molecule has 0 saturated heterocycles. The summed E-state index contributed by atoms with van der Waals surface area (Å²) >= 11 is 3.33. The van der Waals surface area contributed by atoms with Crippen LogP contribution in [-0.2, 0) is 4.79 Å². The smallest absolute Gasteiger partial charge is 0.343 e. The first-order valence-corrected chi connectivity index (χ1v) is 7.11. The molecule has 0 radical (unpaired) electrons. The highest BCUT2D eigenvalue weighted by atomic mass is 79.9. The van der Waals surface area contributed by atoms with E-state index in [0.29, 0.717) is 21.5 Å². The number of carbonyl (C=O) groups excluding carboxylic acids is 2. The minimum absolute atomic E-state index is 0.167. The van der Waals surface area contributed by atoms with Crippen molar-refractivity contribution in [3.63, 3.8) is 0 Å². The molecule has 0 aromatic heterocycles. The van der Waals surface area contributed by atoms with Crippen LogP contribution in [0.15, 0.2) is 46.9 Å². The maximum Gasteiger partial charge on any atom is 0.343 e. The largest absolute Gasteiger partial charge is 0.423 e. The minimum Gasteiger partial charge on any atom is -0.423 e. The number of aryl methyl sites for hydroxylation is 1. The molecule has 4 nitrogen and oxygen atoms in total. The van der Waals surface area contributed by atoms with Gasteiger partial charge in [0.2, 0.25) is 5.91 Å². The second-order valence-electron chi connectivity index (χ2n) is 4.58. The molecule has 1 N–H and O–H groups in total. The van der Waals surface area contributed by atoms with E-state index in [4.69, 9.17) is 4.74 Å². The number of hydrogen-bond donors (Lipinski definition) is 1. The zero-order chi connectivity index (χ0) is 15.4. The van der Waals surface area contributed by atoms with E-state index in [-0.39, 0.29) is 5.91 Å². The van der Waals surface area contributed by atoms with E-state index in [1.54, 1.807) is 30.3 Å². The highest BCUT2D eigenvalue weighted by molar-refractivity contribution is 9.10. The summed E-state index contributed by atoms with van der Waals surface area (Å²) in [6, 6.07) is 12.1. The Bertz CT molecular complexity index is 680. The fourth-order valence-electron chi connectivity index (χ4n) is 1.71. The van der Waals surface area contributed by atoms with Gasteiger partial charge in [-0.1, -0.05) is 17.7 Å². The number of nitrogens with one attached hydrogen (secondary N) is 1. The van der Waals surface area contributed by atoms with Crippen LogP contribution in [0.2, 0.25) is 0 Å². The summed E-state index contributed by atoms with van der Waals surface area (Å²) in [6.45, 7) is 3.38.